The van der Waals surface area contributed by atoms with Crippen molar-refractivity contribution in [2.45, 2.75) is 25.3 Å². The van der Waals surface area contributed by atoms with E-state index in [1.165, 1.54) is 6.07 Å². The molecule has 182 valence electrons. The lowest BCUT2D eigenvalue weighted by Gasteiger charge is -2.17. The minimum Gasteiger partial charge on any atom is -0.318 e. The molecule has 0 saturated heterocycles. The van der Waals surface area contributed by atoms with Gasteiger partial charge in [-0.3, -0.25) is 4.79 Å². The molecule has 0 aliphatic rings. The van der Waals surface area contributed by atoms with Gasteiger partial charge in [-0.1, -0.05) is 30.3 Å². The molecule has 0 radical (unpaired) electrons. The summed E-state index contributed by atoms with van der Waals surface area (Å²) in [5.41, 5.74) is 3.77. The SMILES string of the molecule is Cc1cc(-c2ccccc2)cc(C)[n+]1CC(=O)Nc1ccc(S(N)(=O)=O)cc1F.[O-][Cl+3]([O-])([O-])[O-]. The topological polar surface area (TPSA) is 185 Å². The molecule has 3 rings (SSSR count). The number of pyridine rings is 1. The maximum Gasteiger partial charge on any atom is 0.290 e. The van der Waals surface area contributed by atoms with Crippen LogP contribution in [0, 0.1) is 29.9 Å². The summed E-state index contributed by atoms with van der Waals surface area (Å²) in [6.07, 6.45) is 0. The van der Waals surface area contributed by atoms with E-state index < -0.39 is 32.0 Å². The van der Waals surface area contributed by atoms with E-state index in [-0.39, 0.29) is 17.1 Å². The molecule has 0 spiro atoms. The molecule has 0 fully saturated rings. The molecule has 1 amide bonds. The van der Waals surface area contributed by atoms with Crippen molar-refractivity contribution in [3.05, 3.63) is 77.9 Å². The molecule has 13 heteroatoms. The van der Waals surface area contributed by atoms with E-state index in [0.29, 0.717) is 0 Å². The summed E-state index contributed by atoms with van der Waals surface area (Å²) in [7, 11) is -8.96. The second kappa shape index (κ2) is 11.0. The maximum absolute atomic E-state index is 14.1. The van der Waals surface area contributed by atoms with Gasteiger partial charge in [0.25, 0.3) is 5.91 Å². The smallest absolute Gasteiger partial charge is 0.290 e. The van der Waals surface area contributed by atoms with Crippen molar-refractivity contribution in [2.24, 2.45) is 5.14 Å². The number of carbonyl (C=O) groups excluding carboxylic acids is 1. The van der Waals surface area contributed by atoms with E-state index in [1.807, 2.05) is 60.9 Å². The Balaban J connectivity index is 0.000000739. The monoisotopic (exact) mass is 513 g/mol. The van der Waals surface area contributed by atoms with Crippen molar-refractivity contribution in [1.29, 1.82) is 0 Å². The maximum atomic E-state index is 14.1. The number of halogens is 2. The zero-order valence-electron chi connectivity index (χ0n) is 18.0. The molecule has 34 heavy (non-hydrogen) atoms. The van der Waals surface area contributed by atoms with Crippen LogP contribution >= 0.6 is 0 Å². The summed E-state index contributed by atoms with van der Waals surface area (Å²) >= 11 is 0. The third-order valence-electron chi connectivity index (χ3n) is 4.53. The predicted octanol–water partition coefficient (Wildman–Crippen LogP) is -2.07. The van der Waals surface area contributed by atoms with Gasteiger partial charge in [0, 0.05) is 26.0 Å². The first-order chi connectivity index (χ1) is 15.6. The number of nitrogens with two attached hydrogens (primary N) is 1. The fourth-order valence-corrected chi connectivity index (χ4v) is 3.61. The van der Waals surface area contributed by atoms with Crippen LogP contribution in [-0.4, -0.2) is 14.3 Å². The Morgan fingerprint density at radius 2 is 1.50 bits per heavy atom. The van der Waals surface area contributed by atoms with Crippen LogP contribution in [-0.2, 0) is 21.4 Å². The standard InChI is InChI=1S/C21H20FN3O3S.ClHO4/c1-14-10-17(16-6-4-3-5-7-16)11-15(2)25(14)13-21(26)24-20-9-8-18(12-19(20)22)29(23,27)28;2-1(3,4)5/h3-12H,13H2,1-2H3,(H2-,23,24,26,27,28);(H,2,3,4,5). The molecular weight excluding hydrogens is 493 g/mol. The summed E-state index contributed by atoms with van der Waals surface area (Å²) in [4.78, 5) is 12.1. The lowest BCUT2D eigenvalue weighted by atomic mass is 10.0. The Morgan fingerprint density at radius 3 is 1.97 bits per heavy atom. The normalized spacial score (nSPS) is 11.4. The molecule has 0 aliphatic heterocycles. The van der Waals surface area contributed by atoms with Crippen molar-refractivity contribution in [1.82, 2.24) is 0 Å². The average Bonchev–Trinajstić information content (AvgIpc) is 2.71. The van der Waals surface area contributed by atoms with E-state index in [4.69, 9.17) is 23.8 Å². The van der Waals surface area contributed by atoms with E-state index in [1.54, 1.807) is 0 Å². The molecule has 3 N–H and O–H groups in total. The van der Waals surface area contributed by atoms with Crippen molar-refractivity contribution in [2.75, 3.05) is 5.32 Å². The number of hydrogen-bond donors (Lipinski definition) is 2. The molecule has 10 nitrogen and oxygen atoms in total. The fraction of sp³-hybridized carbons (Fsp3) is 0.143. The zero-order chi connectivity index (χ0) is 25.7. The van der Waals surface area contributed by atoms with Crippen molar-refractivity contribution < 1.29 is 51.0 Å². The van der Waals surface area contributed by atoms with Crippen LogP contribution in [0.4, 0.5) is 10.1 Å². The summed E-state index contributed by atoms with van der Waals surface area (Å²) in [5, 5.41) is 7.45. The highest BCUT2D eigenvalue weighted by Crippen LogP contribution is 2.20. The second-order valence-corrected chi connectivity index (χ2v) is 9.41. The molecule has 2 aromatic carbocycles. The number of benzene rings is 2. The number of aryl methyl sites for hydroxylation is 2. The van der Waals surface area contributed by atoms with Gasteiger partial charge in [-0.2, -0.15) is 4.57 Å². The molecule has 0 unspecified atom stereocenters. The first-order valence-electron chi connectivity index (χ1n) is 9.45. The average molecular weight is 514 g/mol. The number of primary sulfonamides is 1. The largest absolute Gasteiger partial charge is 0.318 e. The van der Waals surface area contributed by atoms with Gasteiger partial charge in [0.05, 0.1) is 10.6 Å². The number of amides is 1. The Kier molecular flexibility index (Phi) is 8.80. The van der Waals surface area contributed by atoms with Gasteiger partial charge >= 0.3 is 0 Å². The number of aromatic nitrogens is 1. The molecule has 0 saturated carbocycles. The second-order valence-electron chi connectivity index (χ2n) is 7.09. The lowest BCUT2D eigenvalue weighted by molar-refractivity contribution is -2.00. The Morgan fingerprint density at radius 1 is 0.971 bits per heavy atom. The van der Waals surface area contributed by atoms with Gasteiger partial charge in [-0.05, 0) is 29.3 Å². The van der Waals surface area contributed by atoms with Crippen LogP contribution in [0.25, 0.3) is 11.1 Å². The lowest BCUT2D eigenvalue weighted by Crippen LogP contribution is -2.68. The Labute approximate surface area is 197 Å². The van der Waals surface area contributed by atoms with E-state index in [0.717, 1.165) is 34.6 Å². The van der Waals surface area contributed by atoms with Crippen LogP contribution in [0.2, 0.25) is 0 Å². The number of sulfonamides is 1. The summed E-state index contributed by atoms with van der Waals surface area (Å²) < 4.78 is 72.5. The van der Waals surface area contributed by atoms with Crippen LogP contribution < -0.4 is 33.7 Å². The predicted molar refractivity (Wildman–Crippen MR) is 108 cm³/mol. The number of rotatable bonds is 5. The number of carbonyl (C=O) groups is 1. The van der Waals surface area contributed by atoms with Crippen molar-refractivity contribution >= 4 is 21.6 Å². The molecule has 1 aromatic heterocycles. The van der Waals surface area contributed by atoms with Gasteiger partial charge in [0.1, 0.15) is 5.82 Å². The number of hydrogen-bond acceptors (Lipinski definition) is 7. The highest BCUT2D eigenvalue weighted by Gasteiger charge is 2.19. The van der Waals surface area contributed by atoms with Crippen LogP contribution in [0.5, 0.6) is 0 Å². The Hall–Kier alpha value is -2.97. The van der Waals surface area contributed by atoms with Crippen LogP contribution in [0.15, 0.2) is 65.6 Å². The molecular formula is C21H21ClFN3O7S. The summed E-state index contributed by atoms with van der Waals surface area (Å²) in [5.74, 6) is -1.31. The minimum absolute atomic E-state index is 0.0108. The highest BCUT2D eigenvalue weighted by atomic mass is 35.7. The van der Waals surface area contributed by atoms with Gasteiger partial charge in [0.2, 0.25) is 16.6 Å². The van der Waals surface area contributed by atoms with Crippen molar-refractivity contribution in [3.8, 4) is 11.1 Å². The molecule has 1 heterocycles. The molecule has 0 atom stereocenters. The Bertz CT molecular complexity index is 1250. The fourth-order valence-electron chi connectivity index (χ4n) is 3.08. The van der Waals surface area contributed by atoms with Crippen LogP contribution in [0.1, 0.15) is 11.4 Å². The molecule has 3 aromatic rings. The number of nitrogens with zero attached hydrogens (tertiary/aromatic N) is 1. The first-order valence-corrected chi connectivity index (χ1v) is 12.2. The van der Waals surface area contributed by atoms with Gasteiger partial charge in [0.15, 0.2) is 11.4 Å². The first kappa shape index (κ1) is 27.3. The summed E-state index contributed by atoms with van der Waals surface area (Å²) in [6.45, 7) is 3.78. The van der Waals surface area contributed by atoms with Gasteiger partial charge in [-0.25, -0.2) is 36.6 Å². The number of nitrogens with one attached hydrogen (secondary N) is 1. The third-order valence-corrected chi connectivity index (χ3v) is 5.44. The third kappa shape index (κ3) is 8.43. The number of anilines is 1. The quantitative estimate of drug-likeness (QED) is 0.366. The molecule has 0 aliphatic carbocycles. The van der Waals surface area contributed by atoms with E-state index in [2.05, 4.69) is 5.32 Å². The van der Waals surface area contributed by atoms with Gasteiger partial charge < -0.3 is 5.32 Å². The van der Waals surface area contributed by atoms with E-state index >= 15 is 0 Å². The van der Waals surface area contributed by atoms with E-state index in [9.17, 15) is 17.6 Å². The van der Waals surface area contributed by atoms with Crippen molar-refractivity contribution in [3.63, 3.8) is 0 Å². The minimum atomic E-state index is -4.94. The highest BCUT2D eigenvalue weighted by molar-refractivity contribution is 7.89. The van der Waals surface area contributed by atoms with Gasteiger partial charge in [-0.15, -0.1) is 10.2 Å². The summed E-state index contributed by atoms with van der Waals surface area (Å²) in [6, 6.07) is 17.0. The zero-order valence-corrected chi connectivity index (χ0v) is 19.6. The molecule has 0 bridgehead atoms. The van der Waals surface area contributed by atoms with Crippen LogP contribution in [0.3, 0.4) is 0 Å².